The number of hydrogen-bond acceptors (Lipinski definition) is 4. The van der Waals surface area contributed by atoms with Crippen molar-refractivity contribution in [1.82, 2.24) is 20.4 Å². The van der Waals surface area contributed by atoms with Crippen LogP contribution in [0.1, 0.15) is 19.4 Å². The predicted molar refractivity (Wildman–Crippen MR) is 118 cm³/mol. The van der Waals surface area contributed by atoms with Gasteiger partial charge in [0.15, 0.2) is 5.96 Å². The maximum Gasteiger partial charge on any atom is 0.191 e. The molecular formula is C22H39N5O. The van der Waals surface area contributed by atoms with Gasteiger partial charge in [-0.2, -0.15) is 0 Å². The van der Waals surface area contributed by atoms with E-state index in [-0.39, 0.29) is 6.10 Å². The van der Waals surface area contributed by atoms with Crippen LogP contribution in [-0.2, 0) is 11.2 Å². The molecule has 1 saturated heterocycles. The maximum atomic E-state index is 5.93. The summed E-state index contributed by atoms with van der Waals surface area (Å²) in [7, 11) is 6.08. The maximum absolute atomic E-state index is 5.93. The van der Waals surface area contributed by atoms with E-state index in [1.807, 2.05) is 7.05 Å². The molecule has 0 spiro atoms. The van der Waals surface area contributed by atoms with Crippen LogP contribution >= 0.6 is 0 Å². The molecule has 0 radical (unpaired) electrons. The number of rotatable bonds is 9. The lowest BCUT2D eigenvalue weighted by Crippen LogP contribution is -2.51. The molecule has 1 aromatic rings. The van der Waals surface area contributed by atoms with Crippen molar-refractivity contribution in [3.05, 3.63) is 35.9 Å². The zero-order chi connectivity index (χ0) is 20.4. The van der Waals surface area contributed by atoms with Gasteiger partial charge in [-0.25, -0.2) is 0 Å². The molecule has 0 aliphatic carbocycles. The van der Waals surface area contributed by atoms with Crippen LogP contribution in [-0.4, -0.2) is 88.4 Å². The minimum Gasteiger partial charge on any atom is -0.374 e. The molecular weight excluding hydrogens is 350 g/mol. The van der Waals surface area contributed by atoms with Crippen molar-refractivity contribution in [2.24, 2.45) is 10.9 Å². The van der Waals surface area contributed by atoms with Gasteiger partial charge in [-0.05, 0) is 32.0 Å². The number of likely N-dealkylation sites (N-methyl/N-ethyl adjacent to an activating group) is 1. The topological polar surface area (TPSA) is 52.1 Å². The zero-order valence-electron chi connectivity index (χ0n) is 18.3. The molecule has 28 heavy (non-hydrogen) atoms. The molecule has 1 heterocycles. The van der Waals surface area contributed by atoms with Gasteiger partial charge in [0.1, 0.15) is 0 Å². The van der Waals surface area contributed by atoms with E-state index in [1.165, 1.54) is 5.56 Å². The highest BCUT2D eigenvalue weighted by Crippen LogP contribution is 2.08. The van der Waals surface area contributed by atoms with Gasteiger partial charge >= 0.3 is 0 Å². The van der Waals surface area contributed by atoms with E-state index in [0.29, 0.717) is 12.0 Å². The molecule has 0 saturated carbocycles. The second-order valence-corrected chi connectivity index (χ2v) is 8.29. The standard InChI is InChI=1S/C22H39N5O/c1-18(2)16-27-11-12-28-21(17-27)15-25-22(23-3)24-14-20(26(4)5)13-19-9-7-6-8-10-19/h6-10,18,20-21H,11-17H2,1-5H3,(H2,23,24,25). The summed E-state index contributed by atoms with van der Waals surface area (Å²) < 4.78 is 5.93. The van der Waals surface area contributed by atoms with Gasteiger partial charge in [-0.15, -0.1) is 0 Å². The van der Waals surface area contributed by atoms with Crippen LogP contribution in [0, 0.1) is 5.92 Å². The zero-order valence-corrected chi connectivity index (χ0v) is 18.3. The first-order chi connectivity index (χ1) is 13.5. The van der Waals surface area contributed by atoms with E-state index in [0.717, 1.165) is 51.7 Å². The number of nitrogens with zero attached hydrogens (tertiary/aromatic N) is 3. The van der Waals surface area contributed by atoms with Crippen LogP contribution in [0.4, 0.5) is 0 Å². The largest absolute Gasteiger partial charge is 0.374 e. The third kappa shape index (κ3) is 8.17. The van der Waals surface area contributed by atoms with E-state index in [2.05, 4.69) is 83.7 Å². The Morgan fingerprint density at radius 2 is 2.00 bits per heavy atom. The number of guanidine groups is 1. The Morgan fingerprint density at radius 3 is 2.64 bits per heavy atom. The van der Waals surface area contributed by atoms with Gasteiger partial charge in [-0.1, -0.05) is 44.2 Å². The van der Waals surface area contributed by atoms with Crippen LogP contribution in [0.3, 0.4) is 0 Å². The molecule has 0 aromatic heterocycles. The second kappa shape index (κ2) is 12.0. The van der Waals surface area contributed by atoms with Crippen molar-refractivity contribution in [2.45, 2.75) is 32.4 Å². The molecule has 0 amide bonds. The first kappa shape index (κ1) is 22.7. The first-order valence-electron chi connectivity index (χ1n) is 10.5. The molecule has 1 aliphatic heterocycles. The van der Waals surface area contributed by atoms with Gasteiger partial charge in [0, 0.05) is 45.8 Å². The average Bonchev–Trinajstić information content (AvgIpc) is 2.67. The smallest absolute Gasteiger partial charge is 0.191 e. The third-order valence-electron chi connectivity index (χ3n) is 5.12. The first-order valence-corrected chi connectivity index (χ1v) is 10.5. The Hall–Kier alpha value is -1.63. The highest BCUT2D eigenvalue weighted by atomic mass is 16.5. The van der Waals surface area contributed by atoms with E-state index < -0.39 is 0 Å². The van der Waals surface area contributed by atoms with Crippen molar-refractivity contribution in [2.75, 3.05) is 60.5 Å². The minimum absolute atomic E-state index is 0.208. The van der Waals surface area contributed by atoms with Crippen LogP contribution in [0.15, 0.2) is 35.3 Å². The van der Waals surface area contributed by atoms with Gasteiger partial charge in [0.2, 0.25) is 0 Å². The van der Waals surface area contributed by atoms with Crippen LogP contribution < -0.4 is 10.6 Å². The summed E-state index contributed by atoms with van der Waals surface area (Å²) >= 11 is 0. The highest BCUT2D eigenvalue weighted by Gasteiger charge is 2.21. The van der Waals surface area contributed by atoms with Crippen LogP contribution in [0.25, 0.3) is 0 Å². The number of benzene rings is 1. The lowest BCUT2D eigenvalue weighted by molar-refractivity contribution is -0.0284. The van der Waals surface area contributed by atoms with Crippen LogP contribution in [0.2, 0.25) is 0 Å². The Bertz CT molecular complexity index is 576. The summed E-state index contributed by atoms with van der Waals surface area (Å²) in [6.45, 7) is 10.1. The van der Waals surface area contributed by atoms with Gasteiger partial charge in [0.25, 0.3) is 0 Å². The number of nitrogens with one attached hydrogen (secondary N) is 2. The van der Waals surface area contributed by atoms with Gasteiger partial charge < -0.3 is 20.3 Å². The Kier molecular flexibility index (Phi) is 9.75. The van der Waals surface area contributed by atoms with E-state index >= 15 is 0 Å². The van der Waals surface area contributed by atoms with E-state index in [9.17, 15) is 0 Å². The Labute approximate surface area is 171 Å². The lowest BCUT2D eigenvalue weighted by atomic mass is 10.1. The van der Waals surface area contributed by atoms with Crippen molar-refractivity contribution < 1.29 is 4.74 Å². The molecule has 2 N–H and O–H groups in total. The Balaban J connectivity index is 1.78. The van der Waals surface area contributed by atoms with Gasteiger partial charge in [-0.3, -0.25) is 9.89 Å². The Morgan fingerprint density at radius 1 is 1.25 bits per heavy atom. The molecule has 1 aliphatic rings. The normalized spacial score (nSPS) is 19.8. The molecule has 6 heteroatoms. The minimum atomic E-state index is 0.208. The molecule has 2 rings (SSSR count). The summed E-state index contributed by atoms with van der Waals surface area (Å²) in [4.78, 5) is 9.15. The van der Waals surface area contributed by atoms with E-state index in [4.69, 9.17) is 4.74 Å². The quantitative estimate of drug-likeness (QED) is 0.497. The summed E-state index contributed by atoms with van der Waals surface area (Å²) in [6.07, 6.45) is 1.22. The number of aliphatic imine (C=N–C) groups is 1. The highest BCUT2D eigenvalue weighted by molar-refractivity contribution is 5.79. The number of ether oxygens (including phenoxy) is 1. The molecule has 6 nitrogen and oxygen atoms in total. The summed E-state index contributed by atoms with van der Waals surface area (Å²) in [5, 5.41) is 6.92. The van der Waals surface area contributed by atoms with Gasteiger partial charge in [0.05, 0.1) is 12.7 Å². The third-order valence-corrected chi connectivity index (χ3v) is 5.12. The fraction of sp³-hybridized carbons (Fsp3) is 0.682. The monoisotopic (exact) mass is 389 g/mol. The molecule has 0 bridgehead atoms. The average molecular weight is 390 g/mol. The SMILES string of the molecule is CN=C(NCC1CN(CC(C)C)CCO1)NCC(Cc1ccccc1)N(C)C. The van der Waals surface area contributed by atoms with Crippen molar-refractivity contribution >= 4 is 5.96 Å². The van der Waals surface area contributed by atoms with Crippen molar-refractivity contribution in [3.63, 3.8) is 0 Å². The van der Waals surface area contributed by atoms with Crippen LogP contribution in [0.5, 0.6) is 0 Å². The second-order valence-electron chi connectivity index (χ2n) is 8.29. The fourth-order valence-electron chi connectivity index (χ4n) is 3.56. The number of hydrogen-bond donors (Lipinski definition) is 2. The molecule has 2 atom stereocenters. The summed E-state index contributed by atoms with van der Waals surface area (Å²) in [6, 6.07) is 11.0. The summed E-state index contributed by atoms with van der Waals surface area (Å²) in [5.74, 6) is 1.53. The fourth-order valence-corrected chi connectivity index (χ4v) is 3.56. The molecule has 1 aromatic carbocycles. The lowest BCUT2D eigenvalue weighted by Gasteiger charge is -2.34. The predicted octanol–water partition coefficient (Wildman–Crippen LogP) is 1.68. The van der Waals surface area contributed by atoms with Crippen molar-refractivity contribution in [1.29, 1.82) is 0 Å². The van der Waals surface area contributed by atoms with E-state index in [1.54, 1.807) is 0 Å². The molecule has 2 unspecified atom stereocenters. The molecule has 158 valence electrons. The molecule has 1 fully saturated rings. The number of morpholine rings is 1. The summed E-state index contributed by atoms with van der Waals surface area (Å²) in [5.41, 5.74) is 1.35. The van der Waals surface area contributed by atoms with Crippen molar-refractivity contribution in [3.8, 4) is 0 Å².